The number of aromatic carboxylic acids is 1. The molecule has 1 N–H and O–H groups in total. The first-order chi connectivity index (χ1) is 9.65. The number of pyridine rings is 1. The van der Waals surface area contributed by atoms with Gasteiger partial charge in [-0.05, 0) is 24.3 Å². The maximum Gasteiger partial charge on any atom is 0.337 e. The Hall–Kier alpha value is -3.02. The third-order valence-corrected chi connectivity index (χ3v) is 2.89. The number of hydrogen-bond acceptors (Lipinski definition) is 4. The molecule has 6 heteroatoms. The Morgan fingerprint density at radius 1 is 1.05 bits per heavy atom. The highest BCUT2D eigenvalue weighted by Gasteiger charge is 2.07. The van der Waals surface area contributed by atoms with Gasteiger partial charge in [0.1, 0.15) is 0 Å². The number of nitrogens with zero attached hydrogens (tertiary/aromatic N) is 3. The molecule has 0 aliphatic carbocycles. The molecule has 1 aromatic carbocycles. The van der Waals surface area contributed by atoms with E-state index in [-0.39, 0.29) is 11.1 Å². The lowest BCUT2D eigenvalue weighted by Crippen LogP contribution is -2.18. The van der Waals surface area contributed by atoms with Crippen molar-refractivity contribution in [2.45, 2.75) is 0 Å². The van der Waals surface area contributed by atoms with Gasteiger partial charge in [0.05, 0.1) is 22.3 Å². The summed E-state index contributed by atoms with van der Waals surface area (Å²) in [5.74, 6) is -1.08. The van der Waals surface area contributed by atoms with Crippen LogP contribution in [0.5, 0.6) is 0 Å². The molecule has 0 atom stereocenters. The zero-order chi connectivity index (χ0) is 14.1. The molecule has 6 nitrogen and oxygen atoms in total. The van der Waals surface area contributed by atoms with Crippen LogP contribution >= 0.6 is 0 Å². The van der Waals surface area contributed by atoms with Crippen molar-refractivity contribution in [1.82, 2.24) is 14.5 Å². The van der Waals surface area contributed by atoms with E-state index >= 15 is 0 Å². The molecule has 0 fully saturated rings. The van der Waals surface area contributed by atoms with Gasteiger partial charge < -0.3 is 5.11 Å². The Morgan fingerprint density at radius 2 is 1.80 bits per heavy atom. The summed E-state index contributed by atoms with van der Waals surface area (Å²) >= 11 is 0. The number of hydrogen-bond donors (Lipinski definition) is 1. The molecule has 20 heavy (non-hydrogen) atoms. The second kappa shape index (κ2) is 4.58. The van der Waals surface area contributed by atoms with Crippen molar-refractivity contribution in [3.63, 3.8) is 0 Å². The topological polar surface area (TPSA) is 85.1 Å². The Balaban J connectivity index is 2.22. The quantitative estimate of drug-likeness (QED) is 0.760. The molecule has 0 aliphatic rings. The number of fused-ring (bicyclic) bond motifs is 1. The van der Waals surface area contributed by atoms with Gasteiger partial charge >= 0.3 is 5.97 Å². The molecule has 0 saturated carbocycles. The van der Waals surface area contributed by atoms with Crippen molar-refractivity contribution in [3.8, 4) is 5.69 Å². The zero-order valence-corrected chi connectivity index (χ0v) is 10.2. The molecule has 3 rings (SSSR count). The van der Waals surface area contributed by atoms with Gasteiger partial charge in [-0.3, -0.25) is 19.3 Å². The van der Waals surface area contributed by atoms with E-state index in [4.69, 9.17) is 5.11 Å². The van der Waals surface area contributed by atoms with E-state index in [1.165, 1.54) is 22.9 Å². The van der Waals surface area contributed by atoms with E-state index in [2.05, 4.69) is 9.97 Å². The minimum Gasteiger partial charge on any atom is -0.478 e. The molecule has 98 valence electrons. The average Bonchev–Trinajstić information content (AvgIpc) is 2.47. The molecule has 0 saturated heterocycles. The highest BCUT2D eigenvalue weighted by atomic mass is 16.4. The van der Waals surface area contributed by atoms with Crippen LogP contribution in [0.25, 0.3) is 16.7 Å². The smallest absolute Gasteiger partial charge is 0.337 e. The summed E-state index contributed by atoms with van der Waals surface area (Å²) in [6, 6.07) is 7.63. The molecular formula is C14H9N3O3. The summed E-state index contributed by atoms with van der Waals surface area (Å²) < 4.78 is 1.28. The highest BCUT2D eigenvalue weighted by molar-refractivity contribution is 5.87. The molecule has 2 aromatic heterocycles. The predicted molar refractivity (Wildman–Crippen MR) is 72.1 cm³/mol. The Bertz CT molecular complexity index is 871. The molecular weight excluding hydrogens is 258 g/mol. The molecule has 0 aliphatic heterocycles. The Morgan fingerprint density at radius 3 is 2.55 bits per heavy atom. The van der Waals surface area contributed by atoms with Gasteiger partial charge in [-0.1, -0.05) is 0 Å². The molecule has 0 spiro atoms. The lowest BCUT2D eigenvalue weighted by atomic mass is 10.2. The molecule has 0 unspecified atom stereocenters. The van der Waals surface area contributed by atoms with Gasteiger partial charge in [-0.25, -0.2) is 4.79 Å². The van der Waals surface area contributed by atoms with Gasteiger partial charge in [0.15, 0.2) is 0 Å². The van der Waals surface area contributed by atoms with Crippen molar-refractivity contribution < 1.29 is 9.90 Å². The summed E-state index contributed by atoms with van der Waals surface area (Å²) in [5.41, 5.74) is 1.63. The van der Waals surface area contributed by atoms with Crippen LogP contribution in [0.4, 0.5) is 0 Å². The lowest BCUT2D eigenvalue weighted by molar-refractivity contribution is 0.0696. The van der Waals surface area contributed by atoms with Crippen LogP contribution < -0.4 is 5.56 Å². The van der Waals surface area contributed by atoms with Crippen molar-refractivity contribution in [3.05, 3.63) is 64.8 Å². The molecule has 0 amide bonds. The number of rotatable bonds is 2. The Kier molecular flexibility index (Phi) is 2.76. The van der Waals surface area contributed by atoms with Crippen LogP contribution in [-0.4, -0.2) is 25.6 Å². The summed E-state index contributed by atoms with van der Waals surface area (Å²) in [5, 5.41) is 8.98. The van der Waals surface area contributed by atoms with Crippen molar-refractivity contribution in [2.75, 3.05) is 0 Å². The van der Waals surface area contributed by atoms with Gasteiger partial charge in [-0.15, -0.1) is 0 Å². The van der Waals surface area contributed by atoms with Gasteiger partial charge in [0.25, 0.3) is 5.56 Å². The first kappa shape index (κ1) is 12.0. The summed E-state index contributed by atoms with van der Waals surface area (Å²) in [7, 11) is 0. The highest BCUT2D eigenvalue weighted by Crippen LogP contribution is 2.13. The molecule has 0 radical (unpaired) electrons. The van der Waals surface area contributed by atoms with Crippen molar-refractivity contribution >= 4 is 17.0 Å². The minimum absolute atomic E-state index is 0.0452. The van der Waals surface area contributed by atoms with E-state index < -0.39 is 5.97 Å². The van der Waals surface area contributed by atoms with E-state index in [1.54, 1.807) is 30.6 Å². The van der Waals surface area contributed by atoms with Crippen molar-refractivity contribution in [2.24, 2.45) is 0 Å². The number of carboxylic acids is 1. The van der Waals surface area contributed by atoms with E-state index in [0.717, 1.165) is 0 Å². The molecule has 2 heterocycles. The minimum atomic E-state index is -1.08. The summed E-state index contributed by atoms with van der Waals surface area (Å²) in [4.78, 5) is 31.1. The first-order valence-corrected chi connectivity index (χ1v) is 5.82. The maximum absolute atomic E-state index is 11.9. The maximum atomic E-state index is 11.9. The van der Waals surface area contributed by atoms with E-state index in [0.29, 0.717) is 16.7 Å². The van der Waals surface area contributed by atoms with Crippen LogP contribution in [-0.2, 0) is 0 Å². The fraction of sp³-hybridized carbons (Fsp3) is 0. The second-order valence-electron chi connectivity index (χ2n) is 4.16. The van der Waals surface area contributed by atoms with Crippen LogP contribution in [0.3, 0.4) is 0 Å². The SMILES string of the molecule is O=C(O)c1ccc(=O)n(-c2ccc3nccnc3c2)c1. The number of benzene rings is 1. The summed E-state index contributed by atoms with van der Waals surface area (Å²) in [6.07, 6.45) is 4.43. The number of carboxylic acid groups (broad SMARTS) is 1. The normalized spacial score (nSPS) is 10.6. The summed E-state index contributed by atoms with van der Waals surface area (Å²) in [6.45, 7) is 0. The monoisotopic (exact) mass is 267 g/mol. The van der Waals surface area contributed by atoms with Gasteiger partial charge in [-0.2, -0.15) is 0 Å². The lowest BCUT2D eigenvalue weighted by Gasteiger charge is -2.07. The third kappa shape index (κ3) is 2.03. The van der Waals surface area contributed by atoms with Crippen LogP contribution in [0.2, 0.25) is 0 Å². The predicted octanol–water partition coefficient (Wildman–Crippen LogP) is 1.48. The standard InChI is InChI=1S/C14H9N3O3/c18-13-4-1-9(14(19)20)8-17(13)10-2-3-11-12(7-10)16-6-5-15-11/h1-8H,(H,19,20). The fourth-order valence-electron chi connectivity index (χ4n) is 1.92. The van der Waals surface area contributed by atoms with Gasteiger partial charge in [0.2, 0.25) is 0 Å². The molecule has 0 bridgehead atoms. The van der Waals surface area contributed by atoms with Crippen LogP contribution in [0.1, 0.15) is 10.4 Å². The van der Waals surface area contributed by atoms with Crippen molar-refractivity contribution in [1.29, 1.82) is 0 Å². The average molecular weight is 267 g/mol. The largest absolute Gasteiger partial charge is 0.478 e. The van der Waals surface area contributed by atoms with E-state index in [9.17, 15) is 9.59 Å². The van der Waals surface area contributed by atoms with E-state index in [1.807, 2.05) is 0 Å². The molecule has 3 aromatic rings. The second-order valence-corrected chi connectivity index (χ2v) is 4.16. The van der Waals surface area contributed by atoms with Crippen LogP contribution in [0, 0.1) is 0 Å². The fourth-order valence-corrected chi connectivity index (χ4v) is 1.92. The number of aromatic nitrogens is 3. The number of carbonyl (C=O) groups is 1. The van der Waals surface area contributed by atoms with Crippen LogP contribution in [0.15, 0.2) is 53.7 Å². The first-order valence-electron chi connectivity index (χ1n) is 5.82. The van der Waals surface area contributed by atoms with Gasteiger partial charge in [0, 0.05) is 24.7 Å². The zero-order valence-electron chi connectivity index (χ0n) is 10.2. The third-order valence-electron chi connectivity index (χ3n) is 2.89. The Labute approximate surface area is 113 Å².